The molecule has 0 saturated carbocycles. The van der Waals surface area contributed by atoms with Crippen molar-refractivity contribution < 1.29 is 4.74 Å². The highest BCUT2D eigenvalue weighted by Crippen LogP contribution is 2.24. The molecule has 0 aliphatic rings. The minimum atomic E-state index is -0.158. The topological polar surface area (TPSA) is 63.7 Å². The zero-order chi connectivity index (χ0) is 15.3. The maximum atomic E-state index is 9.12. The van der Waals surface area contributed by atoms with Gasteiger partial charge in [0, 0.05) is 18.4 Å². The van der Waals surface area contributed by atoms with Gasteiger partial charge < -0.3 is 4.74 Å². The van der Waals surface area contributed by atoms with Crippen molar-refractivity contribution in [2.75, 3.05) is 6.61 Å². The third-order valence-corrected chi connectivity index (χ3v) is 3.08. The van der Waals surface area contributed by atoms with Crippen LogP contribution in [0.1, 0.15) is 38.6 Å². The van der Waals surface area contributed by atoms with Crippen LogP contribution < -0.4 is 4.74 Å². The first-order valence-corrected chi connectivity index (χ1v) is 7.04. The highest BCUT2D eigenvalue weighted by molar-refractivity contribution is 5.30. The molecular formula is C16H20N4O. The summed E-state index contributed by atoms with van der Waals surface area (Å²) in [5, 5.41) is 17.2. The Morgan fingerprint density at radius 3 is 2.57 bits per heavy atom. The summed E-state index contributed by atoms with van der Waals surface area (Å²) in [6.07, 6.45) is 0.812. The van der Waals surface area contributed by atoms with Crippen molar-refractivity contribution in [2.45, 2.75) is 39.2 Å². The molecule has 0 N–H and O–H groups in total. The van der Waals surface area contributed by atoms with Crippen molar-refractivity contribution in [3.8, 4) is 11.8 Å². The number of benzene rings is 1. The number of para-hydroxylation sites is 1. The number of ether oxygens (including phenoxy) is 1. The van der Waals surface area contributed by atoms with E-state index < -0.39 is 0 Å². The fraction of sp³-hybridized carbons (Fsp3) is 0.438. The largest absolute Gasteiger partial charge is 0.494 e. The van der Waals surface area contributed by atoms with Crippen LogP contribution in [0.25, 0.3) is 0 Å². The van der Waals surface area contributed by atoms with E-state index in [9.17, 15) is 0 Å². The van der Waals surface area contributed by atoms with Gasteiger partial charge in [-0.1, -0.05) is 44.2 Å². The summed E-state index contributed by atoms with van der Waals surface area (Å²) in [4.78, 5) is 0. The van der Waals surface area contributed by atoms with Crippen LogP contribution in [0, 0.1) is 11.3 Å². The number of aromatic nitrogens is 3. The minimum absolute atomic E-state index is 0.158. The second-order valence-corrected chi connectivity index (χ2v) is 5.89. The van der Waals surface area contributed by atoms with Gasteiger partial charge in [0.25, 0.3) is 0 Å². The molecule has 1 heterocycles. The fourth-order valence-corrected chi connectivity index (χ4v) is 2.21. The maximum Gasteiger partial charge on any atom is 0.186 e. The van der Waals surface area contributed by atoms with E-state index in [0.717, 1.165) is 17.9 Å². The molecule has 1 aromatic carbocycles. The fourth-order valence-electron chi connectivity index (χ4n) is 2.21. The third-order valence-electron chi connectivity index (χ3n) is 3.08. The van der Waals surface area contributed by atoms with Crippen molar-refractivity contribution in [3.63, 3.8) is 0 Å². The summed E-state index contributed by atoms with van der Waals surface area (Å²) in [6.45, 7) is 7.47. The average Bonchev–Trinajstić information content (AvgIpc) is 2.88. The van der Waals surface area contributed by atoms with E-state index in [1.165, 1.54) is 0 Å². The van der Waals surface area contributed by atoms with Crippen LogP contribution in [0.4, 0.5) is 0 Å². The van der Waals surface area contributed by atoms with Gasteiger partial charge in [-0.05, 0) is 12.1 Å². The van der Waals surface area contributed by atoms with E-state index in [4.69, 9.17) is 10.00 Å². The van der Waals surface area contributed by atoms with Crippen molar-refractivity contribution in [3.05, 3.63) is 41.7 Å². The lowest BCUT2D eigenvalue weighted by molar-refractivity contribution is 0.295. The number of rotatable bonds is 5. The number of hydrogen-bond donors (Lipinski definition) is 0. The molecule has 0 spiro atoms. The standard InChI is InChI=1S/C16H20N4O/c1-16(2,3)15-14(12-17)18-19-20(15)10-7-11-21-13-8-5-4-6-9-13/h4-6,8-9H,7,10-11H2,1-3H3. The summed E-state index contributed by atoms with van der Waals surface area (Å²) in [7, 11) is 0. The summed E-state index contributed by atoms with van der Waals surface area (Å²) >= 11 is 0. The van der Waals surface area contributed by atoms with Crippen molar-refractivity contribution >= 4 is 0 Å². The number of hydrogen-bond acceptors (Lipinski definition) is 4. The Morgan fingerprint density at radius 1 is 1.24 bits per heavy atom. The molecule has 5 nitrogen and oxygen atoms in total. The monoisotopic (exact) mass is 284 g/mol. The predicted molar refractivity (Wildman–Crippen MR) is 80.0 cm³/mol. The van der Waals surface area contributed by atoms with E-state index in [1.807, 2.05) is 35.0 Å². The van der Waals surface area contributed by atoms with Crippen molar-refractivity contribution in [2.24, 2.45) is 0 Å². The third kappa shape index (κ3) is 3.82. The molecule has 0 fully saturated rings. The Labute approximate surface area is 125 Å². The normalized spacial score (nSPS) is 11.1. The molecule has 0 amide bonds. The Balaban J connectivity index is 1.95. The van der Waals surface area contributed by atoms with Gasteiger partial charge in [-0.3, -0.25) is 0 Å². The van der Waals surface area contributed by atoms with Gasteiger partial charge in [-0.2, -0.15) is 5.26 Å². The van der Waals surface area contributed by atoms with Gasteiger partial charge in [0.2, 0.25) is 0 Å². The van der Waals surface area contributed by atoms with E-state index in [-0.39, 0.29) is 5.41 Å². The zero-order valence-corrected chi connectivity index (χ0v) is 12.7. The lowest BCUT2D eigenvalue weighted by atomic mass is 9.90. The van der Waals surface area contributed by atoms with Crippen LogP contribution in [0.3, 0.4) is 0 Å². The first-order chi connectivity index (χ1) is 10.0. The quantitative estimate of drug-likeness (QED) is 0.792. The van der Waals surface area contributed by atoms with Crippen LogP contribution in [-0.4, -0.2) is 21.6 Å². The molecule has 110 valence electrons. The highest BCUT2D eigenvalue weighted by Gasteiger charge is 2.25. The van der Waals surface area contributed by atoms with E-state index >= 15 is 0 Å². The zero-order valence-electron chi connectivity index (χ0n) is 12.7. The van der Waals surface area contributed by atoms with Crippen molar-refractivity contribution in [1.29, 1.82) is 5.26 Å². The minimum Gasteiger partial charge on any atom is -0.494 e. The molecule has 21 heavy (non-hydrogen) atoms. The maximum absolute atomic E-state index is 9.12. The van der Waals surface area contributed by atoms with E-state index in [1.54, 1.807) is 0 Å². The molecular weight excluding hydrogens is 264 g/mol. The summed E-state index contributed by atoms with van der Waals surface area (Å²) in [5.74, 6) is 0.866. The molecule has 0 aliphatic heterocycles. The molecule has 0 atom stereocenters. The molecule has 1 aromatic heterocycles. The molecule has 2 rings (SSSR count). The molecule has 0 bridgehead atoms. The lowest BCUT2D eigenvalue weighted by Gasteiger charge is -2.19. The van der Waals surface area contributed by atoms with Crippen LogP contribution in [0.2, 0.25) is 0 Å². The Morgan fingerprint density at radius 2 is 1.95 bits per heavy atom. The number of aryl methyl sites for hydroxylation is 1. The molecule has 0 saturated heterocycles. The van der Waals surface area contributed by atoms with Crippen LogP contribution in [0.15, 0.2) is 30.3 Å². The Bertz CT molecular complexity index is 620. The molecule has 0 radical (unpaired) electrons. The molecule has 0 unspecified atom stereocenters. The van der Waals surface area contributed by atoms with Gasteiger partial charge in [-0.15, -0.1) is 5.10 Å². The SMILES string of the molecule is CC(C)(C)c1c(C#N)nnn1CCCOc1ccccc1. The predicted octanol–water partition coefficient (Wildman–Crippen LogP) is 2.92. The Kier molecular flexibility index (Phi) is 4.59. The van der Waals surface area contributed by atoms with Gasteiger partial charge >= 0.3 is 0 Å². The van der Waals surface area contributed by atoms with Gasteiger partial charge in [0.15, 0.2) is 5.69 Å². The van der Waals surface area contributed by atoms with Gasteiger partial charge in [0.1, 0.15) is 11.8 Å². The van der Waals surface area contributed by atoms with Gasteiger partial charge in [-0.25, -0.2) is 4.68 Å². The van der Waals surface area contributed by atoms with E-state index in [2.05, 4.69) is 37.2 Å². The number of nitriles is 1. The Hall–Kier alpha value is -2.35. The lowest BCUT2D eigenvalue weighted by Crippen LogP contribution is -2.20. The molecule has 5 heteroatoms. The van der Waals surface area contributed by atoms with Gasteiger partial charge in [0.05, 0.1) is 12.3 Å². The number of nitrogens with zero attached hydrogens (tertiary/aromatic N) is 4. The second-order valence-electron chi connectivity index (χ2n) is 5.89. The van der Waals surface area contributed by atoms with Crippen molar-refractivity contribution in [1.82, 2.24) is 15.0 Å². The summed E-state index contributed by atoms with van der Waals surface area (Å²) in [6, 6.07) is 11.8. The smallest absolute Gasteiger partial charge is 0.186 e. The van der Waals surface area contributed by atoms with Crippen LogP contribution in [-0.2, 0) is 12.0 Å². The summed E-state index contributed by atoms with van der Waals surface area (Å²) < 4.78 is 7.47. The first-order valence-electron chi connectivity index (χ1n) is 7.04. The van der Waals surface area contributed by atoms with Crippen LogP contribution >= 0.6 is 0 Å². The second kappa shape index (κ2) is 6.40. The summed E-state index contributed by atoms with van der Waals surface area (Å²) in [5.41, 5.74) is 1.13. The highest BCUT2D eigenvalue weighted by atomic mass is 16.5. The average molecular weight is 284 g/mol. The van der Waals surface area contributed by atoms with E-state index in [0.29, 0.717) is 18.8 Å². The first kappa shape index (κ1) is 15.0. The molecule has 2 aromatic rings. The van der Waals surface area contributed by atoms with Crippen LogP contribution in [0.5, 0.6) is 5.75 Å². The molecule has 0 aliphatic carbocycles.